The zero-order valence-corrected chi connectivity index (χ0v) is 14.1. The first-order chi connectivity index (χ1) is 9.82. The summed E-state index contributed by atoms with van der Waals surface area (Å²) in [6.07, 6.45) is 4.37. The average molecular weight is 314 g/mol. The summed E-state index contributed by atoms with van der Waals surface area (Å²) in [6.45, 7) is 6.34. The third kappa shape index (κ3) is 4.28. The van der Waals surface area contributed by atoms with E-state index in [-0.39, 0.29) is 12.0 Å². The van der Waals surface area contributed by atoms with E-state index < -0.39 is 11.1 Å². The highest BCUT2D eigenvalue weighted by Crippen LogP contribution is 2.31. The minimum atomic E-state index is -0.837. The molecule has 0 atom stereocenters. The minimum absolute atomic E-state index is 0.132. The van der Waals surface area contributed by atoms with Crippen LogP contribution in [0, 0.1) is 0 Å². The number of esters is 1. The molecule has 1 saturated carbocycles. The van der Waals surface area contributed by atoms with Crippen LogP contribution in [-0.2, 0) is 9.53 Å². The number of thioether (sulfide) groups is 1. The Labute approximate surface area is 131 Å². The van der Waals surface area contributed by atoms with Crippen molar-refractivity contribution in [3.8, 4) is 0 Å². The average Bonchev–Trinajstić information content (AvgIpc) is 2.91. The predicted octanol–water partition coefficient (Wildman–Crippen LogP) is 2.75. The number of ether oxygens (including phenoxy) is 1. The highest BCUT2D eigenvalue weighted by molar-refractivity contribution is 7.99. The summed E-state index contributed by atoms with van der Waals surface area (Å²) in [4.78, 5) is 26.8. The van der Waals surface area contributed by atoms with Crippen molar-refractivity contribution < 1.29 is 14.3 Å². The number of urea groups is 1. The molecular weight excluding hydrogens is 288 g/mol. The maximum absolute atomic E-state index is 12.6. The van der Waals surface area contributed by atoms with Crippen LogP contribution in [0.15, 0.2) is 0 Å². The van der Waals surface area contributed by atoms with Crippen molar-refractivity contribution in [2.24, 2.45) is 0 Å². The number of carbonyl (C=O) groups excluding carboxylic acids is 2. The highest BCUT2D eigenvalue weighted by atomic mass is 32.2. The fourth-order valence-electron chi connectivity index (χ4n) is 2.77. The van der Waals surface area contributed by atoms with Gasteiger partial charge in [0.2, 0.25) is 0 Å². The van der Waals surface area contributed by atoms with Crippen molar-refractivity contribution in [1.29, 1.82) is 0 Å². The molecular formula is C15H26N2O3S. The van der Waals surface area contributed by atoms with Crippen molar-refractivity contribution >= 4 is 23.8 Å². The van der Waals surface area contributed by atoms with E-state index >= 15 is 0 Å². The number of nitrogens with one attached hydrogen (secondary N) is 1. The van der Waals surface area contributed by atoms with E-state index in [0.717, 1.165) is 31.6 Å². The summed E-state index contributed by atoms with van der Waals surface area (Å²) in [5.41, 5.74) is -1.37. The molecule has 1 aliphatic carbocycles. The minimum Gasteiger partial charge on any atom is -0.458 e. The lowest BCUT2D eigenvalue weighted by molar-refractivity contribution is -0.164. The molecule has 2 rings (SSSR count). The summed E-state index contributed by atoms with van der Waals surface area (Å²) in [6, 6.07) is -0.132. The Morgan fingerprint density at radius 1 is 1.19 bits per heavy atom. The summed E-state index contributed by atoms with van der Waals surface area (Å²) in [5, 5.41) is 3.00. The number of amides is 2. The molecule has 0 aromatic carbocycles. The fourth-order valence-corrected chi connectivity index (χ4v) is 3.71. The van der Waals surface area contributed by atoms with Crippen LogP contribution in [0.4, 0.5) is 4.79 Å². The Hall–Kier alpha value is -0.910. The van der Waals surface area contributed by atoms with Gasteiger partial charge in [0, 0.05) is 12.3 Å². The predicted molar refractivity (Wildman–Crippen MR) is 84.2 cm³/mol. The smallest absolute Gasteiger partial charge is 0.332 e. The lowest BCUT2D eigenvalue weighted by Gasteiger charge is -2.38. The van der Waals surface area contributed by atoms with Crippen molar-refractivity contribution in [2.45, 2.75) is 64.0 Å². The third-order valence-electron chi connectivity index (χ3n) is 3.88. The standard InChI is InChI=1S/C15H26N2O3S/c1-14(2,3)20-12(18)15(7-5-4-6-8-15)16-13(19)17-9-10-21-11-17/h4-11H2,1-3H3,(H,16,19). The van der Waals surface area contributed by atoms with E-state index in [0.29, 0.717) is 18.7 Å². The van der Waals surface area contributed by atoms with Gasteiger partial charge in [-0.2, -0.15) is 0 Å². The fraction of sp³-hybridized carbons (Fsp3) is 0.867. The maximum atomic E-state index is 12.6. The SMILES string of the molecule is CC(C)(C)OC(=O)C1(NC(=O)N2CCSC2)CCCCC1. The van der Waals surface area contributed by atoms with Crippen LogP contribution in [0.5, 0.6) is 0 Å². The molecule has 1 heterocycles. The monoisotopic (exact) mass is 314 g/mol. The van der Waals surface area contributed by atoms with Gasteiger partial charge in [-0.25, -0.2) is 9.59 Å². The molecule has 0 aromatic rings. The topological polar surface area (TPSA) is 58.6 Å². The first kappa shape index (κ1) is 16.5. The molecule has 0 aromatic heterocycles. The largest absolute Gasteiger partial charge is 0.458 e. The Morgan fingerprint density at radius 3 is 2.38 bits per heavy atom. The van der Waals surface area contributed by atoms with Gasteiger partial charge in [-0.1, -0.05) is 19.3 Å². The third-order valence-corrected chi connectivity index (χ3v) is 4.85. The van der Waals surface area contributed by atoms with E-state index in [1.807, 2.05) is 20.8 Å². The zero-order chi connectivity index (χ0) is 15.5. The van der Waals surface area contributed by atoms with Gasteiger partial charge >= 0.3 is 12.0 Å². The molecule has 0 unspecified atom stereocenters. The van der Waals surface area contributed by atoms with E-state index in [2.05, 4.69) is 5.32 Å². The first-order valence-corrected chi connectivity index (χ1v) is 8.86. The number of hydrogen-bond acceptors (Lipinski definition) is 4. The number of hydrogen-bond donors (Lipinski definition) is 1. The Kier molecular flexibility index (Phi) is 5.07. The molecule has 6 heteroatoms. The van der Waals surface area contributed by atoms with Crippen molar-refractivity contribution in [3.63, 3.8) is 0 Å². The van der Waals surface area contributed by atoms with Crippen LogP contribution in [0.2, 0.25) is 0 Å². The molecule has 2 aliphatic rings. The van der Waals surface area contributed by atoms with Crippen molar-refractivity contribution in [2.75, 3.05) is 18.2 Å². The molecule has 0 spiro atoms. The van der Waals surface area contributed by atoms with Crippen LogP contribution in [0.3, 0.4) is 0 Å². The van der Waals surface area contributed by atoms with Crippen LogP contribution in [-0.4, -0.2) is 46.2 Å². The lowest BCUT2D eigenvalue weighted by Crippen LogP contribution is -2.59. The second kappa shape index (κ2) is 6.46. The van der Waals surface area contributed by atoms with E-state index in [1.54, 1.807) is 16.7 Å². The molecule has 120 valence electrons. The quantitative estimate of drug-likeness (QED) is 0.796. The van der Waals surface area contributed by atoms with Gasteiger partial charge in [-0.05, 0) is 33.6 Å². The Bertz CT molecular complexity index is 394. The van der Waals surface area contributed by atoms with Gasteiger partial charge in [-0.15, -0.1) is 11.8 Å². The van der Waals surface area contributed by atoms with E-state index in [1.165, 1.54) is 0 Å². The molecule has 0 radical (unpaired) electrons. The molecule has 21 heavy (non-hydrogen) atoms. The summed E-state index contributed by atoms with van der Waals surface area (Å²) >= 11 is 1.74. The highest BCUT2D eigenvalue weighted by Gasteiger charge is 2.44. The van der Waals surface area contributed by atoms with Crippen LogP contribution in [0.1, 0.15) is 52.9 Å². The van der Waals surface area contributed by atoms with E-state index in [4.69, 9.17) is 4.74 Å². The molecule has 1 aliphatic heterocycles. The van der Waals surface area contributed by atoms with Gasteiger partial charge < -0.3 is 15.0 Å². The lowest BCUT2D eigenvalue weighted by atomic mass is 9.81. The number of nitrogens with zero attached hydrogens (tertiary/aromatic N) is 1. The van der Waals surface area contributed by atoms with Gasteiger partial charge in [0.1, 0.15) is 11.1 Å². The summed E-state index contributed by atoms with van der Waals surface area (Å²) in [7, 11) is 0. The molecule has 0 bridgehead atoms. The second-order valence-corrected chi connectivity index (χ2v) is 7.95. The van der Waals surface area contributed by atoms with Gasteiger partial charge in [0.15, 0.2) is 0 Å². The number of carbonyl (C=O) groups is 2. The number of rotatable bonds is 2. The van der Waals surface area contributed by atoms with E-state index in [9.17, 15) is 9.59 Å². The van der Waals surface area contributed by atoms with Crippen LogP contribution >= 0.6 is 11.8 Å². The molecule has 5 nitrogen and oxygen atoms in total. The van der Waals surface area contributed by atoms with Gasteiger partial charge in [0.05, 0.1) is 5.88 Å². The van der Waals surface area contributed by atoms with Crippen molar-refractivity contribution in [1.82, 2.24) is 10.2 Å². The Morgan fingerprint density at radius 2 is 1.86 bits per heavy atom. The molecule has 2 amide bonds. The zero-order valence-electron chi connectivity index (χ0n) is 13.2. The second-order valence-electron chi connectivity index (χ2n) is 6.88. The Balaban J connectivity index is 2.08. The molecule has 2 fully saturated rings. The summed E-state index contributed by atoms with van der Waals surface area (Å²) < 4.78 is 5.57. The van der Waals surface area contributed by atoms with Gasteiger partial charge in [0.25, 0.3) is 0 Å². The normalized spacial score (nSPS) is 22.0. The van der Waals surface area contributed by atoms with Crippen molar-refractivity contribution in [3.05, 3.63) is 0 Å². The molecule has 1 N–H and O–H groups in total. The summed E-state index contributed by atoms with van der Waals surface area (Å²) in [5.74, 6) is 1.39. The molecule has 1 saturated heterocycles. The van der Waals surface area contributed by atoms with Crippen LogP contribution in [0.25, 0.3) is 0 Å². The van der Waals surface area contributed by atoms with Gasteiger partial charge in [-0.3, -0.25) is 0 Å². The maximum Gasteiger partial charge on any atom is 0.332 e. The first-order valence-electron chi connectivity index (χ1n) is 7.71. The van der Waals surface area contributed by atoms with Crippen LogP contribution < -0.4 is 5.32 Å².